The van der Waals surface area contributed by atoms with Gasteiger partial charge in [-0.15, -0.1) is 0 Å². The van der Waals surface area contributed by atoms with E-state index in [2.05, 4.69) is 20.2 Å². The van der Waals surface area contributed by atoms with Gasteiger partial charge in [0.25, 0.3) is 0 Å². The van der Waals surface area contributed by atoms with Crippen LogP contribution in [0.1, 0.15) is 0 Å². The van der Waals surface area contributed by atoms with E-state index in [9.17, 15) is 0 Å². The van der Waals surface area contributed by atoms with Crippen LogP contribution >= 0.6 is 0 Å². The molecule has 2 aromatic rings. The lowest BCUT2D eigenvalue weighted by molar-refractivity contribution is 0.484. The highest BCUT2D eigenvalue weighted by molar-refractivity contribution is 5.82. The quantitative estimate of drug-likeness (QED) is 0.429. The monoisotopic (exact) mass is 408 g/mol. The Hall–Kier alpha value is -3.42. The van der Waals surface area contributed by atoms with E-state index in [-0.39, 0.29) is 0 Å². The van der Waals surface area contributed by atoms with Gasteiger partial charge in [0, 0.05) is 56.4 Å². The predicted molar refractivity (Wildman–Crippen MR) is 126 cm³/mol. The Morgan fingerprint density at radius 3 is 0.900 bits per heavy atom. The maximum atomic E-state index is 4.65. The molecule has 2 rings (SSSR count). The van der Waals surface area contributed by atoms with E-state index in [1.165, 1.54) is 0 Å². The van der Waals surface area contributed by atoms with Crippen molar-refractivity contribution in [3.8, 4) is 0 Å². The Morgan fingerprint density at radius 2 is 0.667 bits per heavy atom. The van der Waals surface area contributed by atoms with E-state index in [1.807, 2.05) is 125 Å². The van der Waals surface area contributed by atoms with E-state index in [1.54, 1.807) is 0 Å². The molecule has 0 saturated heterocycles. The summed E-state index contributed by atoms with van der Waals surface area (Å²) in [7, 11) is 15.8. The van der Waals surface area contributed by atoms with Crippen molar-refractivity contribution in [2.75, 3.05) is 56.4 Å². The summed E-state index contributed by atoms with van der Waals surface area (Å²) in [6, 6.07) is 15.4. The van der Waals surface area contributed by atoms with Crippen LogP contribution in [0.25, 0.3) is 0 Å². The molecule has 0 radical (unpaired) electrons. The van der Waals surface area contributed by atoms with Crippen molar-refractivity contribution < 1.29 is 0 Å². The smallest absolute Gasteiger partial charge is 0.200 e. The maximum Gasteiger partial charge on any atom is 0.200 e. The molecule has 8 heteroatoms. The molecule has 0 heterocycles. The fourth-order valence-electron chi connectivity index (χ4n) is 2.73. The lowest BCUT2D eigenvalue weighted by Gasteiger charge is -2.22. The van der Waals surface area contributed by atoms with Gasteiger partial charge >= 0.3 is 0 Å². The number of azo groups is 1. The van der Waals surface area contributed by atoms with Gasteiger partial charge in [-0.05, 0) is 48.5 Å². The molecule has 0 unspecified atom stereocenters. The van der Waals surface area contributed by atoms with Gasteiger partial charge in [-0.2, -0.15) is 10.2 Å². The third kappa shape index (κ3) is 6.58. The van der Waals surface area contributed by atoms with Crippen LogP contribution in [0, 0.1) is 0 Å². The standard InChI is InChI=1S/C22H32N8/c1-27(2)21(28(3)4)23-17-9-13-19(14-10-17)25-26-20-15-11-18(12-16-20)24-22(29(5)6)30(7)8/h9-16H,1-8H3. The molecule has 0 fully saturated rings. The highest BCUT2D eigenvalue weighted by Gasteiger charge is 2.05. The molecular formula is C22H32N8. The highest BCUT2D eigenvalue weighted by Crippen LogP contribution is 2.24. The minimum atomic E-state index is 0.773. The summed E-state index contributed by atoms with van der Waals surface area (Å²) in [5.41, 5.74) is 3.28. The van der Waals surface area contributed by atoms with Crippen molar-refractivity contribution in [2.45, 2.75) is 0 Å². The van der Waals surface area contributed by atoms with Crippen LogP contribution in [0.15, 0.2) is 68.7 Å². The SMILES string of the molecule is CN(C)C(=Nc1ccc(N=Nc2ccc(N=C(N(C)C)N(C)C)cc2)cc1)N(C)C. The first kappa shape index (κ1) is 22.9. The highest BCUT2D eigenvalue weighted by atomic mass is 15.3. The van der Waals surface area contributed by atoms with Crippen molar-refractivity contribution in [1.29, 1.82) is 0 Å². The molecule has 0 aliphatic heterocycles. The van der Waals surface area contributed by atoms with E-state index in [4.69, 9.17) is 0 Å². The largest absolute Gasteiger partial charge is 0.349 e. The van der Waals surface area contributed by atoms with Crippen LogP contribution in [-0.4, -0.2) is 87.9 Å². The van der Waals surface area contributed by atoms with E-state index < -0.39 is 0 Å². The second-order valence-electron chi connectivity index (χ2n) is 7.63. The van der Waals surface area contributed by atoms with Crippen molar-refractivity contribution in [3.05, 3.63) is 48.5 Å². The van der Waals surface area contributed by atoms with Gasteiger partial charge in [0.15, 0.2) is 0 Å². The van der Waals surface area contributed by atoms with Crippen LogP contribution in [0.4, 0.5) is 22.7 Å². The first-order valence-corrected chi connectivity index (χ1v) is 9.66. The summed E-state index contributed by atoms with van der Waals surface area (Å²) in [4.78, 5) is 17.2. The molecule has 0 aliphatic carbocycles. The lowest BCUT2D eigenvalue weighted by atomic mass is 10.3. The number of aliphatic imine (C=N–C) groups is 2. The fraction of sp³-hybridized carbons (Fsp3) is 0.364. The molecule has 0 atom stereocenters. The number of guanidine groups is 2. The molecule has 0 aliphatic rings. The summed E-state index contributed by atoms with van der Waals surface area (Å²) in [5, 5.41) is 8.63. The van der Waals surface area contributed by atoms with Crippen LogP contribution in [0.3, 0.4) is 0 Å². The second-order valence-corrected chi connectivity index (χ2v) is 7.63. The zero-order valence-corrected chi connectivity index (χ0v) is 19.2. The third-order valence-electron chi connectivity index (χ3n) is 4.04. The minimum absolute atomic E-state index is 0.773. The summed E-state index contributed by atoms with van der Waals surface area (Å²) >= 11 is 0. The van der Waals surface area contributed by atoms with Crippen LogP contribution in [0.5, 0.6) is 0 Å². The molecule has 30 heavy (non-hydrogen) atoms. The Labute approximate surface area is 179 Å². The predicted octanol–water partition coefficient (Wildman–Crippen LogP) is 4.32. The van der Waals surface area contributed by atoms with Gasteiger partial charge in [0.05, 0.1) is 22.7 Å². The Bertz CT molecular complexity index is 796. The van der Waals surface area contributed by atoms with E-state index in [0.29, 0.717) is 0 Å². The Balaban J connectivity index is 2.11. The van der Waals surface area contributed by atoms with Crippen molar-refractivity contribution in [3.63, 3.8) is 0 Å². The number of benzene rings is 2. The molecule has 0 spiro atoms. The summed E-state index contributed by atoms with van der Waals surface area (Å²) in [6.45, 7) is 0. The number of rotatable bonds is 4. The maximum absolute atomic E-state index is 4.65. The summed E-state index contributed by atoms with van der Waals surface area (Å²) < 4.78 is 0. The molecule has 160 valence electrons. The van der Waals surface area contributed by atoms with E-state index >= 15 is 0 Å². The summed E-state index contributed by atoms with van der Waals surface area (Å²) in [6.07, 6.45) is 0. The minimum Gasteiger partial charge on any atom is -0.349 e. The normalized spacial score (nSPS) is 10.5. The molecule has 0 aromatic heterocycles. The fourth-order valence-corrected chi connectivity index (χ4v) is 2.73. The molecule has 0 saturated carbocycles. The average Bonchev–Trinajstić information content (AvgIpc) is 2.69. The topological polar surface area (TPSA) is 62.4 Å². The molecule has 0 N–H and O–H groups in total. The average molecular weight is 409 g/mol. The van der Waals surface area contributed by atoms with Gasteiger partial charge in [-0.3, -0.25) is 0 Å². The van der Waals surface area contributed by atoms with Crippen LogP contribution in [0.2, 0.25) is 0 Å². The number of hydrogen-bond acceptors (Lipinski definition) is 4. The van der Waals surface area contributed by atoms with Crippen molar-refractivity contribution in [1.82, 2.24) is 19.6 Å². The molecule has 0 amide bonds. The van der Waals surface area contributed by atoms with Crippen LogP contribution < -0.4 is 0 Å². The number of hydrogen-bond donors (Lipinski definition) is 0. The van der Waals surface area contributed by atoms with Gasteiger partial charge < -0.3 is 19.6 Å². The molecular weight excluding hydrogens is 376 g/mol. The Kier molecular flexibility index (Phi) is 7.91. The van der Waals surface area contributed by atoms with E-state index in [0.717, 1.165) is 34.7 Å². The van der Waals surface area contributed by atoms with Crippen molar-refractivity contribution >= 4 is 34.7 Å². The zero-order chi connectivity index (χ0) is 22.3. The Morgan fingerprint density at radius 1 is 0.433 bits per heavy atom. The first-order valence-electron chi connectivity index (χ1n) is 9.66. The third-order valence-corrected chi connectivity index (χ3v) is 4.04. The van der Waals surface area contributed by atoms with Gasteiger partial charge in [-0.1, -0.05) is 0 Å². The molecule has 8 nitrogen and oxygen atoms in total. The zero-order valence-electron chi connectivity index (χ0n) is 19.2. The number of nitrogens with zero attached hydrogens (tertiary/aromatic N) is 8. The van der Waals surface area contributed by atoms with Gasteiger partial charge in [-0.25, -0.2) is 9.98 Å². The second kappa shape index (κ2) is 10.4. The van der Waals surface area contributed by atoms with Crippen molar-refractivity contribution in [2.24, 2.45) is 20.2 Å². The van der Waals surface area contributed by atoms with Gasteiger partial charge in [0.1, 0.15) is 0 Å². The molecule has 0 bridgehead atoms. The summed E-state index contributed by atoms with van der Waals surface area (Å²) in [5.74, 6) is 1.75. The van der Waals surface area contributed by atoms with Crippen LogP contribution in [-0.2, 0) is 0 Å². The molecule has 2 aromatic carbocycles. The first-order chi connectivity index (χ1) is 14.2. The lowest BCUT2D eigenvalue weighted by Crippen LogP contribution is -2.35. The van der Waals surface area contributed by atoms with Gasteiger partial charge in [0.2, 0.25) is 11.9 Å².